The summed E-state index contributed by atoms with van der Waals surface area (Å²) in [6.45, 7) is 2.87. The van der Waals surface area contributed by atoms with Crippen molar-refractivity contribution < 1.29 is 9.50 Å². The summed E-state index contributed by atoms with van der Waals surface area (Å²) in [4.78, 5) is 4.49. The number of aliphatic hydroxyl groups is 1. The zero-order valence-electron chi connectivity index (χ0n) is 13.7. The van der Waals surface area contributed by atoms with Crippen LogP contribution in [0.2, 0.25) is 5.02 Å². The molecule has 25 heavy (non-hydrogen) atoms. The number of nitrogens with zero attached hydrogens (tertiary/aromatic N) is 2. The predicted octanol–water partition coefficient (Wildman–Crippen LogP) is 2.29. The first-order valence-electron chi connectivity index (χ1n) is 8.33. The fraction of sp³-hybridized carbons (Fsp3) is 0.500. The lowest BCUT2D eigenvalue weighted by atomic mass is 9.72. The van der Waals surface area contributed by atoms with Gasteiger partial charge in [0.2, 0.25) is 0 Å². The molecular weight excluding hydrogens is 375 g/mol. The fourth-order valence-electron chi connectivity index (χ4n) is 3.98. The molecule has 3 fully saturated rings. The highest BCUT2D eigenvalue weighted by atomic mass is 35.5. The van der Waals surface area contributed by atoms with Crippen molar-refractivity contribution in [3.8, 4) is 0 Å². The van der Waals surface area contributed by atoms with Crippen LogP contribution in [0.1, 0.15) is 12.8 Å². The van der Waals surface area contributed by atoms with E-state index in [0.717, 1.165) is 36.1 Å². The average molecular weight is 394 g/mol. The van der Waals surface area contributed by atoms with E-state index in [2.05, 4.69) is 15.6 Å². The maximum Gasteiger partial charge on any atom is 0.190 e. The van der Waals surface area contributed by atoms with Crippen LogP contribution in [0.4, 0.5) is 5.13 Å². The second-order valence-corrected chi connectivity index (χ2v) is 9.02. The molecular formula is C16H19BClN4OS2. The molecule has 4 heterocycles. The van der Waals surface area contributed by atoms with E-state index in [1.165, 1.54) is 11.3 Å². The topological polar surface area (TPSA) is 57.2 Å². The van der Waals surface area contributed by atoms with Crippen LogP contribution in [0.15, 0.2) is 18.2 Å². The van der Waals surface area contributed by atoms with Crippen molar-refractivity contribution >= 4 is 63.6 Å². The Morgan fingerprint density at radius 3 is 2.96 bits per heavy atom. The molecule has 0 amide bonds. The van der Waals surface area contributed by atoms with Gasteiger partial charge in [-0.05, 0) is 43.3 Å². The van der Waals surface area contributed by atoms with Crippen molar-refractivity contribution in [2.24, 2.45) is 5.92 Å². The monoisotopic (exact) mass is 393 g/mol. The first-order valence-corrected chi connectivity index (χ1v) is 9.94. The average Bonchev–Trinajstić information content (AvgIpc) is 2.94. The molecule has 3 N–H and O–H groups in total. The number of hydrogen-bond acceptors (Lipinski definition) is 4. The summed E-state index contributed by atoms with van der Waals surface area (Å²) in [5, 5.41) is 19.1. The van der Waals surface area contributed by atoms with E-state index in [-0.39, 0.29) is 5.92 Å². The van der Waals surface area contributed by atoms with E-state index in [1.807, 2.05) is 18.2 Å². The molecule has 5 rings (SSSR count). The van der Waals surface area contributed by atoms with Gasteiger partial charge in [0.25, 0.3) is 0 Å². The number of halogens is 1. The molecule has 1 atom stereocenters. The van der Waals surface area contributed by atoms with Gasteiger partial charge in [-0.3, -0.25) is 0 Å². The van der Waals surface area contributed by atoms with E-state index < -0.39 is 5.60 Å². The summed E-state index contributed by atoms with van der Waals surface area (Å²) in [5.74, 6) is 0.288. The molecule has 0 spiro atoms. The lowest BCUT2D eigenvalue weighted by molar-refractivity contribution is -0.846. The lowest BCUT2D eigenvalue weighted by Crippen LogP contribution is -2.70. The van der Waals surface area contributed by atoms with E-state index in [0.29, 0.717) is 32.8 Å². The molecule has 3 aliphatic rings. The summed E-state index contributed by atoms with van der Waals surface area (Å²) < 4.78 is 1.47. The largest absolute Gasteiger partial charge is 0.586 e. The van der Waals surface area contributed by atoms with Crippen LogP contribution in [-0.2, 0) is 0 Å². The Balaban J connectivity index is 1.39. The van der Waals surface area contributed by atoms with Crippen molar-refractivity contribution in [1.29, 1.82) is 0 Å². The highest BCUT2D eigenvalue weighted by Gasteiger charge is 2.48. The van der Waals surface area contributed by atoms with Gasteiger partial charge in [0.1, 0.15) is 5.60 Å². The molecule has 0 saturated carbocycles. The Hall–Kier alpha value is -0.925. The van der Waals surface area contributed by atoms with Gasteiger partial charge in [-0.25, -0.2) is 13.0 Å². The van der Waals surface area contributed by atoms with Crippen LogP contribution in [0.25, 0.3) is 10.2 Å². The van der Waals surface area contributed by atoms with Gasteiger partial charge in [-0.2, -0.15) is 0 Å². The van der Waals surface area contributed by atoms with Crippen molar-refractivity contribution in [2.45, 2.75) is 18.4 Å². The van der Waals surface area contributed by atoms with E-state index in [9.17, 15) is 5.11 Å². The molecule has 1 unspecified atom stereocenters. The van der Waals surface area contributed by atoms with Crippen LogP contribution in [0.5, 0.6) is 0 Å². The fourth-order valence-corrected chi connectivity index (χ4v) is 5.36. The number of nitrogens with one attached hydrogen (secondary N) is 2. The van der Waals surface area contributed by atoms with Crippen molar-refractivity contribution in [3.05, 3.63) is 23.2 Å². The smallest absolute Gasteiger partial charge is 0.190 e. The van der Waals surface area contributed by atoms with Crippen LogP contribution < -0.4 is 10.6 Å². The van der Waals surface area contributed by atoms with Gasteiger partial charge in [-0.1, -0.05) is 22.9 Å². The highest BCUT2D eigenvalue weighted by Crippen LogP contribution is 2.38. The van der Waals surface area contributed by atoms with Gasteiger partial charge in [0.15, 0.2) is 10.2 Å². The highest BCUT2D eigenvalue weighted by molar-refractivity contribution is 7.80. The predicted molar refractivity (Wildman–Crippen MR) is 107 cm³/mol. The molecule has 5 nitrogen and oxygen atoms in total. The number of rotatable bonds is 3. The molecule has 3 saturated heterocycles. The number of hydrogen-bond donors (Lipinski definition) is 3. The Bertz CT molecular complexity index is 824. The van der Waals surface area contributed by atoms with Gasteiger partial charge in [0, 0.05) is 24.0 Å². The molecule has 2 aromatic rings. The molecule has 0 aliphatic carbocycles. The first kappa shape index (κ1) is 17.5. The van der Waals surface area contributed by atoms with E-state index in [1.54, 1.807) is 0 Å². The molecule has 131 valence electrons. The molecule has 1 aromatic carbocycles. The maximum absolute atomic E-state index is 11.0. The number of benzene rings is 1. The van der Waals surface area contributed by atoms with Crippen LogP contribution in [0, 0.1) is 5.92 Å². The summed E-state index contributed by atoms with van der Waals surface area (Å²) in [6.07, 6.45) is 1.93. The Labute approximate surface area is 162 Å². The molecule has 3 aliphatic heterocycles. The Kier molecular flexibility index (Phi) is 4.44. The molecule has 9 heteroatoms. The lowest BCUT2D eigenvalue weighted by Gasteiger charge is -2.64. The van der Waals surface area contributed by atoms with Crippen molar-refractivity contribution in [2.75, 3.05) is 31.5 Å². The maximum atomic E-state index is 11.0. The van der Waals surface area contributed by atoms with Crippen LogP contribution in [-0.4, -0.2) is 59.4 Å². The number of quaternary nitrogens is 1. The number of piperidine rings is 3. The minimum absolute atomic E-state index is 0.288. The third-order valence-corrected chi connectivity index (χ3v) is 6.74. The Morgan fingerprint density at radius 1 is 1.48 bits per heavy atom. The number of fused-ring (bicyclic) bond motifs is 4. The van der Waals surface area contributed by atoms with Crippen LogP contribution >= 0.6 is 35.2 Å². The zero-order chi connectivity index (χ0) is 17.7. The molecule has 2 bridgehead atoms. The summed E-state index contributed by atoms with van der Waals surface area (Å²) >= 11 is 12.9. The zero-order valence-corrected chi connectivity index (χ0v) is 16.1. The minimum atomic E-state index is -0.807. The number of thiocarbonyl (C=S) groups is 1. The Morgan fingerprint density at radius 2 is 2.24 bits per heavy atom. The SMILES string of the molecule is [B-][N+]12CCC(CC1)C(O)(CNC(=S)Nc1nc3ccc(Cl)cc3s1)C2. The van der Waals surface area contributed by atoms with Crippen molar-refractivity contribution in [3.63, 3.8) is 0 Å². The van der Waals surface area contributed by atoms with E-state index >= 15 is 0 Å². The van der Waals surface area contributed by atoms with Gasteiger partial charge >= 0.3 is 0 Å². The van der Waals surface area contributed by atoms with Gasteiger partial charge in [0.05, 0.1) is 23.3 Å². The van der Waals surface area contributed by atoms with Gasteiger partial charge < -0.3 is 20.1 Å². The summed E-state index contributed by atoms with van der Waals surface area (Å²) in [5.41, 5.74) is 0.0725. The van der Waals surface area contributed by atoms with Crippen LogP contribution in [0.3, 0.4) is 0 Å². The molecule has 3 radical (unpaired) electrons. The number of thiazole rings is 1. The normalized spacial score (nSPS) is 31.2. The van der Waals surface area contributed by atoms with Gasteiger partial charge in [-0.15, -0.1) is 0 Å². The number of anilines is 1. The second kappa shape index (κ2) is 6.35. The van der Waals surface area contributed by atoms with Crippen molar-refractivity contribution in [1.82, 2.24) is 10.3 Å². The second-order valence-electron chi connectivity index (χ2n) is 7.14. The van der Waals surface area contributed by atoms with E-state index in [4.69, 9.17) is 31.8 Å². The summed E-state index contributed by atoms with van der Waals surface area (Å²) in [6, 6.07) is 5.59. The third-order valence-electron chi connectivity index (χ3n) is 5.32. The quantitative estimate of drug-likeness (QED) is 0.552. The number of aromatic nitrogens is 1. The minimum Gasteiger partial charge on any atom is -0.586 e. The first-order chi connectivity index (χ1) is 11.9. The molecule has 1 aromatic heterocycles. The summed E-state index contributed by atoms with van der Waals surface area (Å²) in [7, 11) is 6.34. The standard InChI is InChI=1S/C16H18BClN4OS2/c17-22-5-3-10(4-6-22)16(23,9-22)8-19-14(24)21-15-20-12-2-1-11(18)7-13(12)25-15/h1-2,7,10,23H,3-6,8-9H2,(H-,19,20,21,24)/q-1/p+1. The third kappa shape index (κ3) is 3.50.